The second-order valence-corrected chi connectivity index (χ2v) is 15.8. The first kappa shape index (κ1) is 32.7. The van der Waals surface area contributed by atoms with Crippen molar-refractivity contribution in [3.8, 4) is 50.6 Å². The van der Waals surface area contributed by atoms with E-state index < -0.39 is 0 Å². The van der Waals surface area contributed by atoms with Crippen molar-refractivity contribution < 1.29 is 0 Å². The lowest BCUT2D eigenvalue weighted by Gasteiger charge is -2.14. The minimum Gasteiger partial charge on any atom is -0.308 e. The molecule has 0 aliphatic carbocycles. The summed E-state index contributed by atoms with van der Waals surface area (Å²) in [5, 5.41) is 8.58. The van der Waals surface area contributed by atoms with Crippen LogP contribution in [0.5, 0.6) is 0 Å². The van der Waals surface area contributed by atoms with E-state index in [0.29, 0.717) is 11.5 Å². The molecule has 0 bridgehead atoms. The van der Waals surface area contributed by atoms with E-state index in [1.165, 1.54) is 47.2 Å². The molecule has 4 nitrogen and oxygen atoms in total. The predicted octanol–water partition coefficient (Wildman–Crippen LogP) is 14.3. The zero-order valence-corrected chi connectivity index (χ0v) is 32.0. The first-order chi connectivity index (χ1) is 28.8. The molecule has 4 aromatic heterocycles. The number of fused-ring (bicyclic) bond motifs is 11. The number of aromatic nitrogens is 4. The Hall–Kier alpha value is -7.47. The molecule has 8 aromatic carbocycles. The van der Waals surface area contributed by atoms with Crippen LogP contribution in [0.25, 0.3) is 114 Å². The van der Waals surface area contributed by atoms with Crippen molar-refractivity contribution in [3.63, 3.8) is 0 Å². The van der Waals surface area contributed by atoms with Crippen LogP contribution in [0.4, 0.5) is 0 Å². The summed E-state index contributed by atoms with van der Waals surface area (Å²) in [6.07, 6.45) is 1.81. The van der Waals surface area contributed by atoms with Gasteiger partial charge in [-0.25, -0.2) is 15.0 Å². The molecule has 4 heterocycles. The van der Waals surface area contributed by atoms with Gasteiger partial charge in [-0.05, 0) is 87.6 Å². The molecular weight excluding hydrogens is 725 g/mol. The van der Waals surface area contributed by atoms with Gasteiger partial charge in [0.1, 0.15) is 0 Å². The average Bonchev–Trinajstić information content (AvgIpc) is 3.86. The van der Waals surface area contributed by atoms with Gasteiger partial charge in [-0.2, -0.15) is 0 Å². The maximum atomic E-state index is 5.42. The fourth-order valence-electron chi connectivity index (χ4n) is 8.85. The van der Waals surface area contributed by atoms with Crippen LogP contribution < -0.4 is 0 Å². The predicted molar refractivity (Wildman–Crippen MR) is 244 cm³/mol. The van der Waals surface area contributed by atoms with Crippen molar-refractivity contribution in [1.82, 2.24) is 19.5 Å². The van der Waals surface area contributed by atoms with E-state index in [-0.39, 0.29) is 0 Å². The Balaban J connectivity index is 1.11. The molecule has 0 spiro atoms. The second kappa shape index (κ2) is 13.1. The maximum absolute atomic E-state index is 5.42. The van der Waals surface area contributed by atoms with Crippen molar-refractivity contribution in [3.05, 3.63) is 194 Å². The summed E-state index contributed by atoms with van der Waals surface area (Å²) >= 11 is 1.88. The molecule has 0 saturated carbocycles. The Kier molecular flexibility index (Phi) is 7.37. The summed E-state index contributed by atoms with van der Waals surface area (Å²) in [6, 6.07) is 67.1. The average molecular weight is 757 g/mol. The molecule has 0 aliphatic rings. The molecule has 270 valence electrons. The van der Waals surface area contributed by atoms with Crippen LogP contribution in [0, 0.1) is 0 Å². The lowest BCUT2D eigenvalue weighted by atomic mass is 9.94. The Bertz CT molecular complexity index is 3510. The van der Waals surface area contributed by atoms with Crippen molar-refractivity contribution in [2.75, 3.05) is 0 Å². The first-order valence-corrected chi connectivity index (χ1v) is 20.3. The zero-order chi connectivity index (χ0) is 38.2. The SMILES string of the molecule is c1ccc(-c2cc(-c3ccccc3)cc(-c3nc(-c4cccc(-n5c6ccccc6c6c7ccccc7c7c8ccccc8sc7c65)c4)nc4ncccc34)c2)cc1. The highest BCUT2D eigenvalue weighted by atomic mass is 32.1. The van der Waals surface area contributed by atoms with Crippen molar-refractivity contribution >= 4 is 75.1 Å². The minimum absolute atomic E-state index is 0.632. The van der Waals surface area contributed by atoms with Crippen LogP contribution in [-0.2, 0) is 0 Å². The third-order valence-electron chi connectivity index (χ3n) is 11.4. The minimum atomic E-state index is 0.632. The van der Waals surface area contributed by atoms with Crippen LogP contribution >= 0.6 is 11.3 Å². The monoisotopic (exact) mass is 756 g/mol. The molecule has 58 heavy (non-hydrogen) atoms. The number of benzene rings is 8. The molecule has 0 aliphatic heterocycles. The number of pyridine rings is 1. The number of hydrogen-bond donors (Lipinski definition) is 0. The van der Waals surface area contributed by atoms with E-state index in [4.69, 9.17) is 15.0 Å². The van der Waals surface area contributed by atoms with Crippen molar-refractivity contribution in [2.45, 2.75) is 0 Å². The van der Waals surface area contributed by atoms with Gasteiger partial charge in [-0.1, -0.05) is 133 Å². The summed E-state index contributed by atoms with van der Waals surface area (Å²) in [5.74, 6) is 0.632. The lowest BCUT2D eigenvalue weighted by molar-refractivity contribution is 1.17. The third-order valence-corrected chi connectivity index (χ3v) is 12.6. The zero-order valence-electron chi connectivity index (χ0n) is 31.2. The normalized spacial score (nSPS) is 11.8. The third kappa shape index (κ3) is 5.11. The Morgan fingerprint density at radius 3 is 1.78 bits per heavy atom. The molecule has 0 unspecified atom stereocenters. The van der Waals surface area contributed by atoms with E-state index in [9.17, 15) is 0 Å². The van der Waals surface area contributed by atoms with Crippen LogP contribution in [0.2, 0.25) is 0 Å². The quantitative estimate of drug-likeness (QED) is 0.176. The van der Waals surface area contributed by atoms with Gasteiger partial charge in [-0.15, -0.1) is 11.3 Å². The van der Waals surface area contributed by atoms with Gasteiger partial charge in [0, 0.05) is 54.6 Å². The molecule has 0 fully saturated rings. The molecule has 12 aromatic rings. The smallest absolute Gasteiger partial charge is 0.163 e. The van der Waals surface area contributed by atoms with Gasteiger partial charge in [0.15, 0.2) is 11.5 Å². The fourth-order valence-corrected chi connectivity index (χ4v) is 10.1. The summed E-state index contributed by atoms with van der Waals surface area (Å²) in [5.41, 5.74) is 11.5. The second-order valence-electron chi connectivity index (χ2n) is 14.8. The summed E-state index contributed by atoms with van der Waals surface area (Å²) < 4.78 is 5.03. The van der Waals surface area contributed by atoms with Crippen molar-refractivity contribution in [2.24, 2.45) is 0 Å². The summed E-state index contributed by atoms with van der Waals surface area (Å²) in [7, 11) is 0. The van der Waals surface area contributed by atoms with E-state index in [1.54, 1.807) is 0 Å². The van der Waals surface area contributed by atoms with Gasteiger partial charge in [-0.3, -0.25) is 0 Å². The van der Waals surface area contributed by atoms with E-state index in [2.05, 4.69) is 187 Å². The first-order valence-electron chi connectivity index (χ1n) is 19.5. The molecule has 0 N–H and O–H groups in total. The number of hydrogen-bond acceptors (Lipinski definition) is 4. The topological polar surface area (TPSA) is 43.6 Å². The number of para-hydroxylation sites is 1. The molecule has 0 amide bonds. The fraction of sp³-hybridized carbons (Fsp3) is 0. The standard InChI is InChI=1S/C53H32N4S/c1-3-15-33(16-4-1)36-29-37(34-17-5-2-6-18-34)31-38(30-36)49-44-25-14-28-54-53(44)56-52(55-49)35-19-13-20-39(32-35)57-45-26-11-9-23-42(45)47-40-21-7-8-22-41(40)48-43-24-10-12-27-46(43)58-51(48)50(47)57/h1-32H. The van der Waals surface area contributed by atoms with Crippen LogP contribution in [0.1, 0.15) is 0 Å². The molecular formula is C53H32N4S. The van der Waals surface area contributed by atoms with Gasteiger partial charge in [0.25, 0.3) is 0 Å². The van der Waals surface area contributed by atoms with Crippen LogP contribution in [0.3, 0.4) is 0 Å². The summed E-state index contributed by atoms with van der Waals surface area (Å²) in [6.45, 7) is 0. The number of rotatable bonds is 5. The van der Waals surface area contributed by atoms with Crippen LogP contribution in [0.15, 0.2) is 194 Å². The molecule has 0 radical (unpaired) electrons. The van der Waals surface area contributed by atoms with Gasteiger partial charge >= 0.3 is 0 Å². The highest BCUT2D eigenvalue weighted by molar-refractivity contribution is 7.27. The van der Waals surface area contributed by atoms with Gasteiger partial charge in [0.2, 0.25) is 0 Å². The highest BCUT2D eigenvalue weighted by Crippen LogP contribution is 2.48. The molecule has 0 saturated heterocycles. The van der Waals surface area contributed by atoms with E-state index in [1.807, 2.05) is 23.6 Å². The Morgan fingerprint density at radius 2 is 1.02 bits per heavy atom. The van der Waals surface area contributed by atoms with E-state index >= 15 is 0 Å². The molecule has 12 rings (SSSR count). The largest absolute Gasteiger partial charge is 0.308 e. The van der Waals surface area contributed by atoms with E-state index in [0.717, 1.165) is 55.7 Å². The maximum Gasteiger partial charge on any atom is 0.163 e. The van der Waals surface area contributed by atoms with Gasteiger partial charge in [0.05, 0.1) is 21.4 Å². The van der Waals surface area contributed by atoms with Crippen molar-refractivity contribution in [1.29, 1.82) is 0 Å². The molecule has 5 heteroatoms. The highest BCUT2D eigenvalue weighted by Gasteiger charge is 2.22. The summed E-state index contributed by atoms with van der Waals surface area (Å²) in [4.78, 5) is 15.3. The Morgan fingerprint density at radius 1 is 0.414 bits per heavy atom. The lowest BCUT2D eigenvalue weighted by Crippen LogP contribution is -1.99. The number of nitrogens with zero attached hydrogens (tertiary/aromatic N) is 4. The molecule has 0 atom stereocenters. The van der Waals surface area contributed by atoms with Crippen LogP contribution in [-0.4, -0.2) is 19.5 Å². The Labute approximate surface area is 338 Å². The van der Waals surface area contributed by atoms with Gasteiger partial charge < -0.3 is 4.57 Å². The number of thiophene rings is 1.